The molecule has 0 saturated heterocycles. The van der Waals surface area contributed by atoms with E-state index in [4.69, 9.17) is 40.4 Å². The molecule has 12 nitrogen and oxygen atoms in total. The summed E-state index contributed by atoms with van der Waals surface area (Å²) < 4.78 is 133. The molecule has 300 valence electrons. The van der Waals surface area contributed by atoms with Gasteiger partial charge in [-0.05, 0) is 57.2 Å². The lowest BCUT2D eigenvalue weighted by Gasteiger charge is -2.26. The third-order valence-corrected chi connectivity index (χ3v) is 6.24. The SMILES string of the molecule is CCOc1cc(OC(C)C)c(F)c(N(Cc2nc(-c3cccc(OC(F)(F)F)c3)c[nH]2)c2ccc(C(=N)N)cc2)c1.O=C(O)C(F)(F)F.O=C(O)C(F)(F)F. The van der Waals surface area contributed by atoms with Crippen molar-refractivity contribution in [2.45, 2.75) is 52.1 Å². The van der Waals surface area contributed by atoms with Gasteiger partial charge in [0.25, 0.3) is 0 Å². The molecule has 0 aliphatic carbocycles. The van der Waals surface area contributed by atoms with Gasteiger partial charge in [-0.1, -0.05) is 12.1 Å². The summed E-state index contributed by atoms with van der Waals surface area (Å²) in [5.74, 6) is -5.83. The zero-order valence-electron chi connectivity index (χ0n) is 28.5. The smallest absolute Gasteiger partial charge is 0.494 e. The van der Waals surface area contributed by atoms with Crippen LogP contribution < -0.4 is 24.8 Å². The number of nitrogens with zero attached hydrogens (tertiary/aromatic N) is 2. The van der Waals surface area contributed by atoms with Gasteiger partial charge in [-0.15, -0.1) is 13.2 Å². The predicted octanol–water partition coefficient (Wildman–Crippen LogP) is 8.19. The molecule has 0 atom stereocenters. The van der Waals surface area contributed by atoms with E-state index < -0.39 is 36.5 Å². The van der Waals surface area contributed by atoms with Gasteiger partial charge in [0.1, 0.15) is 23.2 Å². The number of imidazole rings is 1. The van der Waals surface area contributed by atoms with Crippen LogP contribution in [0.15, 0.2) is 66.9 Å². The van der Waals surface area contributed by atoms with E-state index in [9.17, 15) is 39.5 Å². The zero-order valence-corrected chi connectivity index (χ0v) is 28.5. The number of benzene rings is 3. The number of amidine groups is 1. The van der Waals surface area contributed by atoms with Gasteiger partial charge in [-0.3, -0.25) is 5.41 Å². The summed E-state index contributed by atoms with van der Waals surface area (Å²) in [7, 11) is 0. The highest BCUT2D eigenvalue weighted by molar-refractivity contribution is 5.95. The molecule has 0 amide bonds. The molecule has 4 aromatic rings. The number of hydrogen-bond donors (Lipinski definition) is 5. The van der Waals surface area contributed by atoms with E-state index in [0.29, 0.717) is 40.7 Å². The third kappa shape index (κ3) is 14.6. The number of rotatable bonds is 11. The Morgan fingerprint density at radius 2 is 1.47 bits per heavy atom. The molecule has 1 aromatic heterocycles. The number of hydrogen-bond acceptors (Lipinski definition) is 8. The van der Waals surface area contributed by atoms with Gasteiger partial charge in [0, 0.05) is 35.1 Å². The first kappa shape index (κ1) is 44.9. The Bertz CT molecular complexity index is 1890. The maximum atomic E-state index is 15.9. The average Bonchev–Trinajstić information content (AvgIpc) is 3.53. The van der Waals surface area contributed by atoms with Crippen LogP contribution in [0.1, 0.15) is 32.2 Å². The van der Waals surface area contributed by atoms with Crippen molar-refractivity contribution in [2.75, 3.05) is 11.5 Å². The monoisotopic (exact) mass is 799 g/mol. The molecular formula is C33H31F10N5O7. The van der Waals surface area contributed by atoms with Crippen LogP contribution in [-0.2, 0) is 16.1 Å². The van der Waals surface area contributed by atoms with Crippen LogP contribution in [0.5, 0.6) is 17.2 Å². The molecule has 0 radical (unpaired) electrons. The fourth-order valence-corrected chi connectivity index (χ4v) is 4.07. The van der Waals surface area contributed by atoms with Crippen LogP contribution >= 0.6 is 0 Å². The van der Waals surface area contributed by atoms with Gasteiger partial charge in [0.05, 0.1) is 30.6 Å². The normalized spacial score (nSPS) is 11.4. The Labute approximate surface area is 304 Å². The minimum atomic E-state index is -5.08. The highest BCUT2D eigenvalue weighted by Crippen LogP contribution is 2.38. The Balaban J connectivity index is 0.000000633. The summed E-state index contributed by atoms with van der Waals surface area (Å²) in [6, 6.07) is 15.1. The lowest BCUT2D eigenvalue weighted by molar-refractivity contribution is -0.274. The number of nitrogens with one attached hydrogen (secondary N) is 2. The van der Waals surface area contributed by atoms with E-state index >= 15 is 4.39 Å². The standard InChI is InChI=1S/C29H29F4N5O3.2C2HF3O2/c1-4-39-22-13-24(27(30)25(14-22)40-17(2)3)38(20-10-8-18(9-11-20)28(34)35)16-26-36-15-23(37-26)19-6-5-7-21(12-19)41-29(31,32)33;2*3-2(4,5)1(6)7/h5-15,17H,4,16H2,1-3H3,(H3,34,35)(H,36,37);2*(H,6,7). The summed E-state index contributed by atoms with van der Waals surface area (Å²) in [6.45, 7) is 5.75. The number of alkyl halides is 9. The minimum absolute atomic E-state index is 0.00733. The molecule has 0 saturated carbocycles. The van der Waals surface area contributed by atoms with Gasteiger partial charge in [0.15, 0.2) is 11.6 Å². The first-order valence-corrected chi connectivity index (χ1v) is 15.2. The molecule has 3 aromatic carbocycles. The molecule has 1 heterocycles. The molecule has 4 rings (SSSR count). The quantitative estimate of drug-likeness (QED) is 0.0563. The molecule has 0 spiro atoms. The van der Waals surface area contributed by atoms with Crippen LogP contribution in [0.25, 0.3) is 11.3 Å². The number of anilines is 2. The molecule has 0 aliphatic heterocycles. The van der Waals surface area contributed by atoms with Crippen LogP contribution in [0, 0.1) is 11.2 Å². The van der Waals surface area contributed by atoms with Gasteiger partial charge >= 0.3 is 30.7 Å². The van der Waals surface area contributed by atoms with Crippen LogP contribution in [0.4, 0.5) is 55.3 Å². The topological polar surface area (TPSA) is 184 Å². The van der Waals surface area contributed by atoms with Crippen molar-refractivity contribution in [1.29, 1.82) is 5.41 Å². The molecule has 6 N–H and O–H groups in total. The number of aromatic amines is 1. The van der Waals surface area contributed by atoms with Gasteiger partial charge in [0.2, 0.25) is 0 Å². The predicted molar refractivity (Wildman–Crippen MR) is 175 cm³/mol. The highest BCUT2D eigenvalue weighted by atomic mass is 19.4. The first-order chi connectivity index (χ1) is 25.3. The summed E-state index contributed by atoms with van der Waals surface area (Å²) in [5.41, 5.74) is 7.55. The molecule has 0 aliphatic rings. The summed E-state index contributed by atoms with van der Waals surface area (Å²) >= 11 is 0. The van der Waals surface area contributed by atoms with Crippen molar-refractivity contribution in [2.24, 2.45) is 5.73 Å². The number of aliphatic carboxylic acids is 2. The Morgan fingerprint density at radius 3 is 1.95 bits per heavy atom. The van der Waals surface area contributed by atoms with E-state index in [2.05, 4.69) is 14.7 Å². The lowest BCUT2D eigenvalue weighted by Crippen LogP contribution is -2.21. The summed E-state index contributed by atoms with van der Waals surface area (Å²) in [6.07, 6.45) is -13.8. The minimum Gasteiger partial charge on any atom is -0.494 e. The second-order valence-corrected chi connectivity index (χ2v) is 10.8. The highest BCUT2D eigenvalue weighted by Gasteiger charge is 2.39. The van der Waals surface area contributed by atoms with Crippen LogP contribution in [0.3, 0.4) is 0 Å². The summed E-state index contributed by atoms with van der Waals surface area (Å²) in [5, 5.41) is 21.9. The molecule has 0 fully saturated rings. The number of carbonyl (C=O) groups is 2. The van der Waals surface area contributed by atoms with Crippen molar-refractivity contribution in [1.82, 2.24) is 9.97 Å². The van der Waals surface area contributed by atoms with Crippen molar-refractivity contribution in [3.8, 4) is 28.5 Å². The van der Waals surface area contributed by atoms with Crippen molar-refractivity contribution in [3.63, 3.8) is 0 Å². The average molecular weight is 800 g/mol. The number of H-pyrrole nitrogens is 1. The maximum Gasteiger partial charge on any atom is 0.573 e. The van der Waals surface area contributed by atoms with Crippen molar-refractivity contribution in [3.05, 3.63) is 84.1 Å². The molecule has 22 heteroatoms. The Hall–Kier alpha value is -6.22. The van der Waals surface area contributed by atoms with Gasteiger partial charge in [-0.25, -0.2) is 19.0 Å². The molecule has 0 bridgehead atoms. The summed E-state index contributed by atoms with van der Waals surface area (Å²) in [4.78, 5) is 27.0. The van der Waals surface area contributed by atoms with Crippen molar-refractivity contribution < 1.29 is 77.9 Å². The van der Waals surface area contributed by atoms with E-state index in [1.807, 2.05) is 6.92 Å². The number of ether oxygens (including phenoxy) is 3. The largest absolute Gasteiger partial charge is 0.573 e. The third-order valence-electron chi connectivity index (χ3n) is 6.24. The molecular weight excluding hydrogens is 768 g/mol. The fraction of sp³-hybridized carbons (Fsp3) is 0.273. The van der Waals surface area contributed by atoms with Crippen LogP contribution in [0.2, 0.25) is 0 Å². The number of aromatic nitrogens is 2. The van der Waals surface area contributed by atoms with Gasteiger partial charge < -0.3 is 40.0 Å². The number of halogens is 10. The van der Waals surface area contributed by atoms with Crippen molar-refractivity contribution >= 4 is 29.1 Å². The Kier molecular flexibility index (Phi) is 15.3. The number of nitrogen functional groups attached to an aromatic ring is 1. The number of nitrogens with two attached hydrogens (primary N) is 1. The second-order valence-electron chi connectivity index (χ2n) is 10.8. The van der Waals surface area contributed by atoms with Crippen LogP contribution in [-0.4, -0.2) is 69.4 Å². The zero-order chi connectivity index (χ0) is 41.9. The maximum absolute atomic E-state index is 15.9. The van der Waals surface area contributed by atoms with E-state index in [0.717, 1.165) is 0 Å². The number of carboxylic acids is 2. The first-order valence-electron chi connectivity index (χ1n) is 15.2. The molecule has 55 heavy (non-hydrogen) atoms. The van der Waals surface area contributed by atoms with E-state index in [1.165, 1.54) is 24.3 Å². The fourth-order valence-electron chi connectivity index (χ4n) is 4.07. The lowest BCUT2D eigenvalue weighted by atomic mass is 10.1. The Morgan fingerprint density at radius 1 is 0.909 bits per heavy atom. The number of carboxylic acid groups (broad SMARTS) is 2. The molecule has 0 unspecified atom stereocenters. The van der Waals surface area contributed by atoms with E-state index in [-0.39, 0.29) is 35.7 Å². The van der Waals surface area contributed by atoms with E-state index in [1.54, 1.807) is 61.3 Å². The van der Waals surface area contributed by atoms with Gasteiger partial charge in [-0.2, -0.15) is 26.3 Å². The second kappa shape index (κ2) is 18.7.